The Bertz CT molecular complexity index is 910. The summed E-state index contributed by atoms with van der Waals surface area (Å²) in [7, 11) is 0. The Morgan fingerprint density at radius 3 is 2.57 bits per heavy atom. The lowest BCUT2D eigenvalue weighted by atomic mass is 9.99. The van der Waals surface area contributed by atoms with Crippen LogP contribution in [0.1, 0.15) is 53.8 Å². The van der Waals surface area contributed by atoms with Crippen LogP contribution in [0.2, 0.25) is 0 Å². The van der Waals surface area contributed by atoms with Gasteiger partial charge in [-0.2, -0.15) is 13.2 Å². The molecule has 2 aromatic rings. The van der Waals surface area contributed by atoms with Crippen molar-refractivity contribution in [2.45, 2.75) is 43.8 Å². The van der Waals surface area contributed by atoms with Gasteiger partial charge in [-0.15, -0.1) is 10.2 Å². The van der Waals surface area contributed by atoms with Crippen molar-refractivity contribution in [2.75, 3.05) is 18.5 Å². The molecule has 1 saturated heterocycles. The summed E-state index contributed by atoms with van der Waals surface area (Å²) >= 11 is 1.27. The van der Waals surface area contributed by atoms with E-state index in [2.05, 4.69) is 20.8 Å². The van der Waals surface area contributed by atoms with Crippen molar-refractivity contribution >= 4 is 22.5 Å². The van der Waals surface area contributed by atoms with Crippen LogP contribution in [-0.4, -0.2) is 29.4 Å². The summed E-state index contributed by atoms with van der Waals surface area (Å²) in [6.45, 7) is 1.32. The van der Waals surface area contributed by atoms with Crippen molar-refractivity contribution in [2.24, 2.45) is 5.92 Å². The van der Waals surface area contributed by atoms with Gasteiger partial charge in [0.2, 0.25) is 5.13 Å². The van der Waals surface area contributed by atoms with E-state index in [9.17, 15) is 22.4 Å². The first-order valence-electron chi connectivity index (χ1n) is 9.66. The number of carbonyl (C=O) groups is 1. The molecule has 0 bridgehead atoms. The quantitative estimate of drug-likeness (QED) is 0.646. The van der Waals surface area contributed by atoms with Gasteiger partial charge < -0.3 is 10.1 Å². The van der Waals surface area contributed by atoms with Crippen molar-refractivity contribution in [3.8, 4) is 0 Å². The summed E-state index contributed by atoms with van der Waals surface area (Å²) in [5, 5.41) is 14.6. The molecule has 1 aliphatic carbocycles. The van der Waals surface area contributed by atoms with Gasteiger partial charge >= 0.3 is 12.2 Å². The number of urea groups is 1. The molecule has 1 unspecified atom stereocenters. The Kier molecular flexibility index (Phi) is 5.92. The Morgan fingerprint density at radius 2 is 1.90 bits per heavy atom. The third-order valence-electron chi connectivity index (χ3n) is 5.27. The molecule has 1 atom stereocenters. The van der Waals surface area contributed by atoms with Crippen LogP contribution in [0.4, 0.5) is 27.5 Å². The third-order valence-corrected chi connectivity index (χ3v) is 6.27. The molecule has 162 valence electrons. The molecule has 4 rings (SSSR count). The number of amides is 2. The van der Waals surface area contributed by atoms with E-state index in [0.29, 0.717) is 18.3 Å². The second kappa shape index (κ2) is 8.46. The van der Waals surface area contributed by atoms with Gasteiger partial charge in [0.05, 0.1) is 11.6 Å². The van der Waals surface area contributed by atoms with Crippen molar-refractivity contribution < 1.29 is 27.1 Å². The summed E-state index contributed by atoms with van der Waals surface area (Å²) < 4.78 is 58.1. The minimum Gasteiger partial charge on any atom is -0.381 e. The minimum absolute atomic E-state index is 0.00881. The van der Waals surface area contributed by atoms with Gasteiger partial charge in [0.25, 0.3) is 0 Å². The number of carbonyl (C=O) groups excluding carboxylic acids is 1. The fourth-order valence-electron chi connectivity index (χ4n) is 3.53. The fourth-order valence-corrected chi connectivity index (χ4v) is 4.43. The van der Waals surface area contributed by atoms with Crippen LogP contribution in [-0.2, 0) is 10.9 Å². The lowest BCUT2D eigenvalue weighted by molar-refractivity contribution is -0.140. The molecule has 11 heteroatoms. The number of rotatable bonds is 5. The van der Waals surface area contributed by atoms with E-state index in [0.717, 1.165) is 42.8 Å². The monoisotopic (exact) mass is 444 g/mol. The maximum Gasteiger partial charge on any atom is 0.419 e. The number of hydrogen-bond donors (Lipinski definition) is 2. The zero-order valence-corrected chi connectivity index (χ0v) is 16.7. The van der Waals surface area contributed by atoms with Gasteiger partial charge in [0, 0.05) is 19.1 Å². The number of alkyl halides is 3. The summed E-state index contributed by atoms with van der Waals surface area (Å²) in [4.78, 5) is 12.5. The molecule has 0 radical (unpaired) electrons. The third kappa shape index (κ3) is 4.89. The molecule has 1 aromatic carbocycles. The average Bonchev–Trinajstić information content (AvgIpc) is 3.45. The Labute approximate surface area is 174 Å². The molecule has 1 saturated carbocycles. The standard InChI is InChI=1S/C19H20F4N4O2S/c20-14-4-3-12(9-13(14)19(21,22)23)15(10-1-2-10)24-17(28)25-18-27-26-16(30-18)11-5-7-29-8-6-11/h3-4,9-11,15H,1-2,5-8H2,(H2,24,25,27,28). The summed E-state index contributed by atoms with van der Waals surface area (Å²) in [6.07, 6.45) is -1.57. The van der Waals surface area contributed by atoms with E-state index in [1.54, 1.807) is 0 Å². The molecular weight excluding hydrogens is 424 g/mol. The van der Waals surface area contributed by atoms with Crippen LogP contribution < -0.4 is 10.6 Å². The van der Waals surface area contributed by atoms with Gasteiger partial charge in [-0.05, 0) is 49.3 Å². The molecule has 2 fully saturated rings. The predicted molar refractivity (Wildman–Crippen MR) is 102 cm³/mol. The SMILES string of the molecule is O=C(Nc1nnc(C2CCOCC2)s1)NC(c1ccc(F)c(C(F)(F)F)c1)C1CC1. The van der Waals surface area contributed by atoms with Crippen molar-refractivity contribution in [3.63, 3.8) is 0 Å². The molecule has 2 N–H and O–H groups in total. The highest BCUT2D eigenvalue weighted by molar-refractivity contribution is 7.15. The van der Waals surface area contributed by atoms with E-state index < -0.39 is 29.6 Å². The fraction of sp³-hybridized carbons (Fsp3) is 0.526. The van der Waals surface area contributed by atoms with E-state index >= 15 is 0 Å². The van der Waals surface area contributed by atoms with E-state index in [4.69, 9.17) is 4.74 Å². The van der Waals surface area contributed by atoms with Gasteiger partial charge in [-0.3, -0.25) is 5.32 Å². The molecular formula is C19H20F4N4O2S. The highest BCUT2D eigenvalue weighted by atomic mass is 32.1. The lowest BCUT2D eigenvalue weighted by Gasteiger charge is -2.20. The smallest absolute Gasteiger partial charge is 0.381 e. The molecule has 2 amide bonds. The molecule has 0 spiro atoms. The second-order valence-electron chi connectivity index (χ2n) is 7.48. The zero-order chi connectivity index (χ0) is 21.3. The molecule has 2 heterocycles. The summed E-state index contributed by atoms with van der Waals surface area (Å²) in [5.41, 5.74) is -1.11. The van der Waals surface area contributed by atoms with Gasteiger partial charge in [0.15, 0.2) is 0 Å². The van der Waals surface area contributed by atoms with Gasteiger partial charge in [-0.1, -0.05) is 17.4 Å². The zero-order valence-electron chi connectivity index (χ0n) is 15.8. The number of nitrogens with one attached hydrogen (secondary N) is 2. The lowest BCUT2D eigenvalue weighted by Crippen LogP contribution is -2.33. The number of ether oxygens (including phenoxy) is 1. The molecule has 1 aliphatic heterocycles. The Morgan fingerprint density at radius 1 is 1.17 bits per heavy atom. The maximum absolute atomic E-state index is 13.6. The maximum atomic E-state index is 13.6. The van der Waals surface area contributed by atoms with E-state index in [1.807, 2.05) is 0 Å². The van der Waals surface area contributed by atoms with Crippen molar-refractivity contribution in [1.82, 2.24) is 15.5 Å². The predicted octanol–water partition coefficient (Wildman–Crippen LogP) is 4.86. The minimum atomic E-state index is -4.80. The van der Waals surface area contributed by atoms with Crippen LogP contribution in [0.3, 0.4) is 0 Å². The molecule has 6 nitrogen and oxygen atoms in total. The first kappa shape index (κ1) is 21.0. The first-order valence-corrected chi connectivity index (χ1v) is 10.5. The van der Waals surface area contributed by atoms with Crippen LogP contribution >= 0.6 is 11.3 Å². The number of anilines is 1. The Hall–Kier alpha value is -2.27. The summed E-state index contributed by atoms with van der Waals surface area (Å²) in [6, 6.07) is 1.61. The van der Waals surface area contributed by atoms with Crippen LogP contribution in [0.15, 0.2) is 18.2 Å². The molecule has 2 aliphatic rings. The largest absolute Gasteiger partial charge is 0.419 e. The molecule has 1 aromatic heterocycles. The van der Waals surface area contributed by atoms with Crippen LogP contribution in [0.5, 0.6) is 0 Å². The van der Waals surface area contributed by atoms with Crippen LogP contribution in [0.25, 0.3) is 0 Å². The normalized spacial score (nSPS) is 18.8. The number of nitrogens with zero attached hydrogens (tertiary/aromatic N) is 2. The van der Waals surface area contributed by atoms with E-state index in [1.165, 1.54) is 17.4 Å². The highest BCUT2D eigenvalue weighted by Gasteiger charge is 2.38. The molecule has 30 heavy (non-hydrogen) atoms. The van der Waals surface area contributed by atoms with Crippen LogP contribution in [0, 0.1) is 11.7 Å². The number of halogens is 4. The number of aromatic nitrogens is 2. The first-order chi connectivity index (χ1) is 14.3. The highest BCUT2D eigenvalue weighted by Crippen LogP contribution is 2.42. The van der Waals surface area contributed by atoms with Crippen molar-refractivity contribution in [1.29, 1.82) is 0 Å². The number of benzene rings is 1. The number of hydrogen-bond acceptors (Lipinski definition) is 5. The second-order valence-corrected chi connectivity index (χ2v) is 8.49. The van der Waals surface area contributed by atoms with E-state index in [-0.39, 0.29) is 17.4 Å². The summed E-state index contributed by atoms with van der Waals surface area (Å²) in [5.74, 6) is -1.08. The Balaban J connectivity index is 1.44. The van der Waals surface area contributed by atoms with Gasteiger partial charge in [0.1, 0.15) is 10.8 Å². The topological polar surface area (TPSA) is 76.1 Å². The van der Waals surface area contributed by atoms with Crippen molar-refractivity contribution in [3.05, 3.63) is 40.2 Å². The average molecular weight is 444 g/mol. The van der Waals surface area contributed by atoms with Gasteiger partial charge in [-0.25, -0.2) is 9.18 Å².